The van der Waals surface area contributed by atoms with Crippen molar-refractivity contribution < 1.29 is 9.59 Å². The molecule has 0 spiro atoms. The Hall–Kier alpha value is -3.31. The van der Waals surface area contributed by atoms with Gasteiger partial charge in [-0.2, -0.15) is 4.37 Å². The Kier molecular flexibility index (Phi) is 3.23. The van der Waals surface area contributed by atoms with Crippen LogP contribution < -0.4 is 4.90 Å². The summed E-state index contributed by atoms with van der Waals surface area (Å²) in [6.45, 7) is 0. The molecule has 0 atom stereocenters. The van der Waals surface area contributed by atoms with Gasteiger partial charge in [0.2, 0.25) is 6.41 Å². The number of rotatable bonds is 3. The highest BCUT2D eigenvalue weighted by molar-refractivity contribution is 7.13. The molecule has 5 rings (SSSR count). The molecule has 1 amide bonds. The summed E-state index contributed by atoms with van der Waals surface area (Å²) < 4.78 is 5.58. The second-order valence-corrected chi connectivity index (χ2v) is 6.85. The van der Waals surface area contributed by atoms with Gasteiger partial charge in [-0.15, -0.1) is 0 Å². The summed E-state index contributed by atoms with van der Waals surface area (Å²) in [5.74, 6) is -0.0725. The predicted octanol–water partition coefficient (Wildman–Crippen LogP) is 4.80. The van der Waals surface area contributed by atoms with Crippen LogP contribution in [0.15, 0.2) is 66.7 Å². The molecule has 1 aliphatic rings. The molecule has 0 unspecified atom stereocenters. The molecule has 0 aliphatic heterocycles. The van der Waals surface area contributed by atoms with E-state index in [4.69, 9.17) is 0 Å². The molecule has 0 bridgehead atoms. The van der Waals surface area contributed by atoms with Gasteiger partial charge in [-0.3, -0.25) is 14.5 Å². The van der Waals surface area contributed by atoms with Crippen LogP contribution in [-0.4, -0.2) is 16.6 Å². The number of hydrogen-bond donors (Lipinski definition) is 0. The molecule has 124 valence electrons. The van der Waals surface area contributed by atoms with Crippen molar-refractivity contribution in [1.29, 1.82) is 0 Å². The van der Waals surface area contributed by atoms with Gasteiger partial charge in [0, 0.05) is 22.2 Å². The number of hydrogen-bond acceptors (Lipinski definition) is 4. The number of carbonyl (C=O) groups is 2. The number of carbonyl (C=O) groups excluding carboxylic acids is 2. The molecular weight excluding hydrogens is 344 g/mol. The van der Waals surface area contributed by atoms with E-state index in [1.54, 1.807) is 6.07 Å². The summed E-state index contributed by atoms with van der Waals surface area (Å²) in [5.41, 5.74) is 4.05. The van der Waals surface area contributed by atoms with Crippen LogP contribution >= 0.6 is 11.5 Å². The second-order valence-electron chi connectivity index (χ2n) is 6.05. The third-order valence-corrected chi connectivity index (χ3v) is 5.48. The first kappa shape index (κ1) is 15.0. The summed E-state index contributed by atoms with van der Waals surface area (Å²) in [5, 5.41) is 0.907. The van der Waals surface area contributed by atoms with Crippen LogP contribution in [0.1, 0.15) is 15.9 Å². The Labute approximate surface area is 153 Å². The lowest BCUT2D eigenvalue weighted by Gasteiger charge is -2.24. The summed E-state index contributed by atoms with van der Waals surface area (Å²) in [4.78, 5) is 26.7. The zero-order valence-corrected chi connectivity index (χ0v) is 14.4. The largest absolute Gasteiger partial charge is 0.288 e. The summed E-state index contributed by atoms with van der Waals surface area (Å²) >= 11 is 1.39. The van der Waals surface area contributed by atoms with Gasteiger partial charge in [-0.25, -0.2) is 0 Å². The number of nitrogens with zero attached hydrogens (tertiary/aromatic N) is 2. The van der Waals surface area contributed by atoms with Crippen LogP contribution in [0.3, 0.4) is 0 Å². The Bertz CT molecular complexity index is 1180. The standard InChI is InChI=1S/C21H12N2O2S/c24-12-23(13-6-2-1-3-7-13)16-10-4-8-14-18(16)21(25)15-9-5-11-17-19(15)20(14)22-26-17/h1-12H. The van der Waals surface area contributed by atoms with Crippen LogP contribution in [-0.2, 0) is 4.79 Å². The second kappa shape index (κ2) is 5.61. The van der Waals surface area contributed by atoms with Crippen molar-refractivity contribution in [1.82, 2.24) is 4.37 Å². The zero-order valence-electron chi connectivity index (χ0n) is 13.5. The third-order valence-electron chi connectivity index (χ3n) is 4.67. The van der Waals surface area contributed by atoms with Crippen molar-refractivity contribution in [3.63, 3.8) is 0 Å². The highest BCUT2D eigenvalue weighted by atomic mass is 32.1. The van der Waals surface area contributed by atoms with Crippen LogP contribution in [0.5, 0.6) is 0 Å². The monoisotopic (exact) mass is 356 g/mol. The maximum Gasteiger partial charge on any atom is 0.218 e. The van der Waals surface area contributed by atoms with Gasteiger partial charge in [0.25, 0.3) is 0 Å². The molecule has 5 heteroatoms. The lowest BCUT2D eigenvalue weighted by molar-refractivity contribution is -0.106. The Morgan fingerprint density at radius 1 is 0.885 bits per heavy atom. The Morgan fingerprint density at radius 3 is 2.46 bits per heavy atom. The molecule has 3 aromatic carbocycles. The number of para-hydroxylation sites is 1. The minimum atomic E-state index is -0.0725. The highest BCUT2D eigenvalue weighted by Gasteiger charge is 2.31. The lowest BCUT2D eigenvalue weighted by atomic mass is 9.86. The van der Waals surface area contributed by atoms with Gasteiger partial charge in [-0.05, 0) is 35.8 Å². The van der Waals surface area contributed by atoms with Gasteiger partial charge in [0.15, 0.2) is 5.78 Å². The predicted molar refractivity (Wildman–Crippen MR) is 103 cm³/mol. The van der Waals surface area contributed by atoms with E-state index >= 15 is 0 Å². The van der Waals surface area contributed by atoms with Crippen LogP contribution in [0.25, 0.3) is 21.3 Å². The van der Waals surface area contributed by atoms with Gasteiger partial charge in [0.1, 0.15) is 0 Å². The van der Waals surface area contributed by atoms with E-state index in [0.29, 0.717) is 22.5 Å². The number of benzene rings is 3. The topological polar surface area (TPSA) is 50.3 Å². The maximum atomic E-state index is 13.3. The van der Waals surface area contributed by atoms with E-state index in [-0.39, 0.29) is 5.78 Å². The highest BCUT2D eigenvalue weighted by Crippen LogP contribution is 2.44. The lowest BCUT2D eigenvalue weighted by Crippen LogP contribution is -2.20. The zero-order chi connectivity index (χ0) is 17.7. The van der Waals surface area contributed by atoms with Crippen molar-refractivity contribution in [2.24, 2.45) is 0 Å². The van der Waals surface area contributed by atoms with E-state index in [1.807, 2.05) is 60.7 Å². The number of aromatic nitrogens is 1. The molecular formula is C21H12N2O2S. The van der Waals surface area contributed by atoms with Crippen LogP contribution in [0.4, 0.5) is 11.4 Å². The van der Waals surface area contributed by atoms with Gasteiger partial charge in [-0.1, -0.05) is 42.5 Å². The molecule has 26 heavy (non-hydrogen) atoms. The molecule has 0 fully saturated rings. The Morgan fingerprint density at radius 2 is 1.65 bits per heavy atom. The number of anilines is 2. The van der Waals surface area contributed by atoms with Crippen molar-refractivity contribution in [3.8, 4) is 11.3 Å². The van der Waals surface area contributed by atoms with Crippen molar-refractivity contribution in [2.45, 2.75) is 0 Å². The molecule has 0 saturated heterocycles. The molecule has 0 saturated carbocycles. The van der Waals surface area contributed by atoms with Gasteiger partial charge < -0.3 is 0 Å². The third kappa shape index (κ3) is 1.98. The fraction of sp³-hybridized carbons (Fsp3) is 0. The Balaban J connectivity index is 1.81. The van der Waals surface area contributed by atoms with E-state index in [2.05, 4.69) is 4.37 Å². The molecule has 4 aromatic rings. The molecule has 0 N–H and O–H groups in total. The van der Waals surface area contributed by atoms with Crippen LogP contribution in [0.2, 0.25) is 0 Å². The molecule has 1 heterocycles. The molecule has 0 radical (unpaired) electrons. The van der Waals surface area contributed by atoms with E-state index in [1.165, 1.54) is 16.4 Å². The van der Waals surface area contributed by atoms with Crippen LogP contribution in [0, 0.1) is 0 Å². The van der Waals surface area contributed by atoms with E-state index < -0.39 is 0 Å². The average Bonchev–Trinajstić information content (AvgIpc) is 3.12. The SMILES string of the molecule is O=CN(c1ccccc1)c1cccc2c1C(=O)c1cccc3snc-2c13. The first-order valence-electron chi connectivity index (χ1n) is 8.15. The quantitative estimate of drug-likeness (QED) is 0.436. The number of fused-ring (bicyclic) bond motifs is 2. The van der Waals surface area contributed by atoms with Crippen molar-refractivity contribution in [3.05, 3.63) is 77.9 Å². The number of ketones is 1. The smallest absolute Gasteiger partial charge is 0.218 e. The average molecular weight is 356 g/mol. The first-order valence-corrected chi connectivity index (χ1v) is 8.93. The van der Waals surface area contributed by atoms with Gasteiger partial charge >= 0.3 is 0 Å². The van der Waals surface area contributed by atoms with E-state index in [9.17, 15) is 9.59 Å². The van der Waals surface area contributed by atoms with Gasteiger partial charge in [0.05, 0.1) is 21.6 Å². The summed E-state index contributed by atoms with van der Waals surface area (Å²) in [6.07, 6.45) is 0.745. The summed E-state index contributed by atoms with van der Waals surface area (Å²) in [6, 6.07) is 20.5. The molecule has 1 aliphatic carbocycles. The van der Waals surface area contributed by atoms with E-state index in [0.717, 1.165) is 27.8 Å². The molecule has 4 nitrogen and oxygen atoms in total. The molecule has 1 aromatic heterocycles. The van der Waals surface area contributed by atoms with Crippen molar-refractivity contribution in [2.75, 3.05) is 4.90 Å². The normalized spacial score (nSPS) is 12.1. The first-order chi connectivity index (χ1) is 12.8. The fourth-order valence-electron chi connectivity index (χ4n) is 3.52. The minimum absolute atomic E-state index is 0.0725. The summed E-state index contributed by atoms with van der Waals surface area (Å²) in [7, 11) is 0. The van der Waals surface area contributed by atoms with Crippen molar-refractivity contribution >= 4 is 45.2 Å². The maximum absolute atomic E-state index is 13.3. The minimum Gasteiger partial charge on any atom is -0.288 e. The number of amides is 1. The fourth-order valence-corrected chi connectivity index (χ4v) is 4.34.